The van der Waals surface area contributed by atoms with Gasteiger partial charge in [-0.25, -0.2) is 0 Å². The third-order valence-corrected chi connectivity index (χ3v) is 4.20. The van der Waals surface area contributed by atoms with E-state index in [0.717, 1.165) is 35.7 Å². The third-order valence-electron chi connectivity index (χ3n) is 4.20. The van der Waals surface area contributed by atoms with Crippen molar-refractivity contribution in [3.63, 3.8) is 0 Å². The van der Waals surface area contributed by atoms with Gasteiger partial charge >= 0.3 is 0 Å². The molecule has 130 valence electrons. The lowest BCUT2D eigenvalue weighted by Crippen LogP contribution is -2.06. The summed E-state index contributed by atoms with van der Waals surface area (Å²) in [5, 5.41) is 0. The Balaban J connectivity index is 1.73. The largest absolute Gasteiger partial charge is 0.493 e. The zero-order chi connectivity index (χ0) is 17.4. The molecule has 2 rings (SSSR count). The van der Waals surface area contributed by atoms with Gasteiger partial charge in [0, 0.05) is 6.42 Å². The van der Waals surface area contributed by atoms with Gasteiger partial charge in [0.15, 0.2) is 11.5 Å². The van der Waals surface area contributed by atoms with E-state index >= 15 is 0 Å². The van der Waals surface area contributed by atoms with Gasteiger partial charge in [0.2, 0.25) is 0 Å². The van der Waals surface area contributed by atoms with Crippen molar-refractivity contribution in [1.82, 2.24) is 0 Å². The fraction of sp³-hybridized carbons (Fsp3) is 0.429. The van der Waals surface area contributed by atoms with Crippen LogP contribution in [0.2, 0.25) is 0 Å². The summed E-state index contributed by atoms with van der Waals surface area (Å²) >= 11 is 0. The van der Waals surface area contributed by atoms with E-state index in [2.05, 4.69) is 26.0 Å². The summed E-state index contributed by atoms with van der Waals surface area (Å²) < 4.78 is 16.9. The number of rotatable bonds is 9. The molecule has 0 amide bonds. The van der Waals surface area contributed by atoms with Crippen molar-refractivity contribution in [1.29, 1.82) is 0 Å². The maximum absolute atomic E-state index is 5.78. The first kappa shape index (κ1) is 18.2. The fourth-order valence-electron chi connectivity index (χ4n) is 2.45. The maximum Gasteiger partial charge on any atom is 0.161 e. The lowest BCUT2D eigenvalue weighted by Gasteiger charge is -2.12. The van der Waals surface area contributed by atoms with E-state index in [0.29, 0.717) is 19.1 Å². The minimum atomic E-state index is 0.594. The average Bonchev–Trinajstić information content (AvgIpc) is 2.62. The van der Waals surface area contributed by atoms with Crippen LogP contribution in [0.1, 0.15) is 43.7 Å². The van der Waals surface area contributed by atoms with Crippen LogP contribution in [0.3, 0.4) is 0 Å². The molecule has 1 atom stereocenters. The fourth-order valence-corrected chi connectivity index (χ4v) is 2.45. The van der Waals surface area contributed by atoms with Gasteiger partial charge in [-0.1, -0.05) is 32.0 Å². The van der Waals surface area contributed by atoms with Gasteiger partial charge in [0.25, 0.3) is 0 Å². The molecule has 2 aromatic carbocycles. The van der Waals surface area contributed by atoms with Crippen LogP contribution in [-0.2, 0) is 0 Å². The van der Waals surface area contributed by atoms with Crippen molar-refractivity contribution in [2.24, 2.45) is 0 Å². The Morgan fingerprint density at radius 2 is 1.62 bits per heavy atom. The zero-order valence-electron chi connectivity index (χ0n) is 15.2. The first-order valence-electron chi connectivity index (χ1n) is 8.64. The molecule has 0 radical (unpaired) electrons. The van der Waals surface area contributed by atoms with E-state index in [-0.39, 0.29) is 0 Å². The van der Waals surface area contributed by atoms with E-state index in [1.54, 1.807) is 7.11 Å². The highest BCUT2D eigenvalue weighted by molar-refractivity contribution is 5.42. The highest BCUT2D eigenvalue weighted by Crippen LogP contribution is 2.27. The normalized spacial score (nSPS) is 11.8. The van der Waals surface area contributed by atoms with Crippen molar-refractivity contribution in [3.8, 4) is 17.2 Å². The van der Waals surface area contributed by atoms with Crippen LogP contribution in [0.5, 0.6) is 17.2 Å². The molecule has 24 heavy (non-hydrogen) atoms. The topological polar surface area (TPSA) is 27.7 Å². The average molecular weight is 328 g/mol. The first-order valence-corrected chi connectivity index (χ1v) is 8.64. The predicted octanol–water partition coefficient (Wildman–Crippen LogP) is 5.37. The molecule has 0 fully saturated rings. The van der Waals surface area contributed by atoms with Crippen LogP contribution in [0.15, 0.2) is 42.5 Å². The monoisotopic (exact) mass is 328 g/mol. The Bertz CT molecular complexity index is 619. The number of benzene rings is 2. The minimum absolute atomic E-state index is 0.594. The Morgan fingerprint density at radius 3 is 2.29 bits per heavy atom. The maximum atomic E-state index is 5.78. The number of aryl methyl sites for hydroxylation is 1. The SMILES string of the molecule is CC[C@H](C)c1ccc(OCCCOc2ccc(C)cc2OC)cc1. The molecule has 0 saturated heterocycles. The van der Waals surface area contributed by atoms with Crippen molar-refractivity contribution >= 4 is 0 Å². The second-order valence-electron chi connectivity index (χ2n) is 6.08. The van der Waals surface area contributed by atoms with Crippen LogP contribution >= 0.6 is 0 Å². The lowest BCUT2D eigenvalue weighted by molar-refractivity contribution is 0.240. The van der Waals surface area contributed by atoms with E-state index in [1.165, 1.54) is 5.56 Å². The molecule has 0 heterocycles. The Labute approximate surface area is 145 Å². The van der Waals surface area contributed by atoms with Crippen LogP contribution in [-0.4, -0.2) is 20.3 Å². The molecule has 3 heteroatoms. The van der Waals surface area contributed by atoms with E-state index < -0.39 is 0 Å². The number of ether oxygens (including phenoxy) is 3. The van der Waals surface area contributed by atoms with Crippen molar-refractivity contribution in [3.05, 3.63) is 53.6 Å². The van der Waals surface area contributed by atoms with Crippen molar-refractivity contribution in [2.75, 3.05) is 20.3 Å². The molecule has 2 aromatic rings. The molecule has 0 aliphatic rings. The summed E-state index contributed by atoms with van der Waals surface area (Å²) in [6.45, 7) is 7.72. The summed E-state index contributed by atoms with van der Waals surface area (Å²) in [4.78, 5) is 0. The first-order chi connectivity index (χ1) is 11.6. The van der Waals surface area contributed by atoms with Gasteiger partial charge in [0.05, 0.1) is 20.3 Å². The summed E-state index contributed by atoms with van der Waals surface area (Å²) in [7, 11) is 1.66. The van der Waals surface area contributed by atoms with Gasteiger partial charge in [0.1, 0.15) is 5.75 Å². The van der Waals surface area contributed by atoms with Gasteiger partial charge in [-0.05, 0) is 54.7 Å². The molecule has 0 aliphatic carbocycles. The zero-order valence-corrected chi connectivity index (χ0v) is 15.2. The molecular formula is C21H28O3. The van der Waals surface area contributed by atoms with Gasteiger partial charge in [-0.2, -0.15) is 0 Å². The molecule has 3 nitrogen and oxygen atoms in total. The quantitative estimate of drug-likeness (QED) is 0.580. The van der Waals surface area contributed by atoms with Gasteiger partial charge < -0.3 is 14.2 Å². The number of methoxy groups -OCH3 is 1. The van der Waals surface area contributed by atoms with Crippen LogP contribution in [0, 0.1) is 6.92 Å². The van der Waals surface area contributed by atoms with Gasteiger partial charge in [-0.3, -0.25) is 0 Å². The molecule has 0 N–H and O–H groups in total. The molecule has 0 aromatic heterocycles. The number of hydrogen-bond acceptors (Lipinski definition) is 3. The highest BCUT2D eigenvalue weighted by Gasteiger charge is 2.05. The second kappa shape index (κ2) is 9.21. The molecule has 0 spiro atoms. The van der Waals surface area contributed by atoms with E-state index in [1.807, 2.05) is 37.3 Å². The third kappa shape index (κ3) is 5.19. The second-order valence-corrected chi connectivity index (χ2v) is 6.08. The van der Waals surface area contributed by atoms with E-state index in [9.17, 15) is 0 Å². The highest BCUT2D eigenvalue weighted by atomic mass is 16.5. The number of hydrogen-bond donors (Lipinski definition) is 0. The van der Waals surface area contributed by atoms with Crippen LogP contribution < -0.4 is 14.2 Å². The molecular weight excluding hydrogens is 300 g/mol. The van der Waals surface area contributed by atoms with Crippen LogP contribution in [0.4, 0.5) is 0 Å². The minimum Gasteiger partial charge on any atom is -0.493 e. The summed E-state index contributed by atoms with van der Waals surface area (Å²) in [5.74, 6) is 3.06. The summed E-state index contributed by atoms with van der Waals surface area (Å²) in [5.41, 5.74) is 2.52. The predicted molar refractivity (Wildman–Crippen MR) is 98.5 cm³/mol. The van der Waals surface area contributed by atoms with Gasteiger partial charge in [-0.15, -0.1) is 0 Å². The Hall–Kier alpha value is -2.16. The molecule has 0 saturated carbocycles. The summed E-state index contributed by atoms with van der Waals surface area (Å²) in [6, 6.07) is 14.3. The Kier molecular flexibility index (Phi) is 6.98. The van der Waals surface area contributed by atoms with Crippen molar-refractivity contribution in [2.45, 2.75) is 39.5 Å². The lowest BCUT2D eigenvalue weighted by atomic mass is 9.99. The summed E-state index contributed by atoms with van der Waals surface area (Å²) in [6.07, 6.45) is 1.98. The molecule has 0 bridgehead atoms. The standard InChI is InChI=1S/C21H28O3/c1-5-17(3)18-8-10-19(11-9-18)23-13-6-14-24-20-12-7-16(2)15-21(20)22-4/h7-12,15,17H,5-6,13-14H2,1-4H3/t17-/m0/s1. The molecule has 0 aliphatic heterocycles. The van der Waals surface area contributed by atoms with E-state index in [4.69, 9.17) is 14.2 Å². The molecule has 0 unspecified atom stereocenters. The van der Waals surface area contributed by atoms with Crippen molar-refractivity contribution < 1.29 is 14.2 Å². The smallest absolute Gasteiger partial charge is 0.161 e. The van der Waals surface area contributed by atoms with Crippen LogP contribution in [0.25, 0.3) is 0 Å². The Morgan fingerprint density at radius 1 is 0.917 bits per heavy atom.